The van der Waals surface area contributed by atoms with E-state index >= 15 is 0 Å². The molecule has 0 radical (unpaired) electrons. The predicted molar refractivity (Wildman–Crippen MR) is 73.1 cm³/mol. The predicted octanol–water partition coefficient (Wildman–Crippen LogP) is 4.21. The number of aromatic nitrogens is 2. The van der Waals surface area contributed by atoms with Gasteiger partial charge in [0, 0.05) is 6.07 Å². The summed E-state index contributed by atoms with van der Waals surface area (Å²) in [7, 11) is 1.46. The fraction of sp³-hybridized carbons (Fsp3) is 0.231. The molecule has 2 rings (SSSR count). The minimum atomic E-state index is -4.60. The van der Waals surface area contributed by atoms with Gasteiger partial charge in [-0.2, -0.15) is 13.2 Å². The Hall–Kier alpha value is -2.02. The summed E-state index contributed by atoms with van der Waals surface area (Å²) >= 11 is 5.53. The van der Waals surface area contributed by atoms with Crippen LogP contribution in [0.5, 0.6) is 5.75 Å². The molecular formula is C13H11ClF3N3O. The highest BCUT2D eigenvalue weighted by Gasteiger charge is 2.33. The van der Waals surface area contributed by atoms with Crippen LogP contribution >= 0.6 is 11.6 Å². The molecular weight excluding hydrogens is 307 g/mol. The van der Waals surface area contributed by atoms with Gasteiger partial charge >= 0.3 is 6.18 Å². The van der Waals surface area contributed by atoms with Crippen molar-refractivity contribution in [3.63, 3.8) is 0 Å². The third-order valence-electron chi connectivity index (χ3n) is 2.61. The number of methoxy groups -OCH3 is 1. The van der Waals surface area contributed by atoms with Crippen LogP contribution in [-0.2, 0) is 6.18 Å². The second kappa shape index (κ2) is 5.77. The van der Waals surface area contributed by atoms with Crippen molar-refractivity contribution in [3.05, 3.63) is 40.8 Å². The van der Waals surface area contributed by atoms with Crippen molar-refractivity contribution < 1.29 is 17.9 Å². The molecule has 8 heteroatoms. The maximum absolute atomic E-state index is 12.7. The number of halogens is 4. The molecule has 21 heavy (non-hydrogen) atoms. The Labute approximate surface area is 123 Å². The Morgan fingerprint density at radius 3 is 2.52 bits per heavy atom. The number of nitrogens with one attached hydrogen (secondary N) is 1. The summed E-state index contributed by atoms with van der Waals surface area (Å²) in [5, 5.41) is 2.27. The second-order valence-electron chi connectivity index (χ2n) is 4.23. The molecule has 112 valence electrons. The van der Waals surface area contributed by atoms with Crippen LogP contribution in [0.25, 0.3) is 0 Å². The summed E-state index contributed by atoms with van der Waals surface area (Å²) in [6, 6.07) is 6.03. The smallest absolute Gasteiger partial charge is 0.433 e. The monoisotopic (exact) mass is 317 g/mol. The topological polar surface area (TPSA) is 47.0 Å². The number of aryl methyl sites for hydroxylation is 1. The van der Waals surface area contributed by atoms with Gasteiger partial charge < -0.3 is 10.1 Å². The molecule has 0 saturated heterocycles. The Balaban J connectivity index is 2.40. The fourth-order valence-electron chi connectivity index (χ4n) is 1.68. The first-order valence-corrected chi connectivity index (χ1v) is 6.21. The van der Waals surface area contributed by atoms with E-state index in [-0.39, 0.29) is 5.82 Å². The average Bonchev–Trinajstić information content (AvgIpc) is 2.37. The van der Waals surface area contributed by atoms with Crippen LogP contribution in [0.1, 0.15) is 11.3 Å². The summed E-state index contributed by atoms with van der Waals surface area (Å²) in [5.74, 6) is 0.412. The van der Waals surface area contributed by atoms with Gasteiger partial charge in [-0.15, -0.1) is 0 Å². The van der Waals surface area contributed by atoms with Crippen molar-refractivity contribution in [2.75, 3.05) is 12.4 Å². The lowest BCUT2D eigenvalue weighted by Gasteiger charge is -2.13. The SMILES string of the molecule is COc1ccc(C)cc1Nc1cc(C(F)(F)F)nc(Cl)n1. The Morgan fingerprint density at radius 2 is 1.90 bits per heavy atom. The number of benzene rings is 1. The van der Waals surface area contributed by atoms with Crippen LogP contribution in [0.15, 0.2) is 24.3 Å². The number of hydrogen-bond donors (Lipinski definition) is 1. The van der Waals surface area contributed by atoms with Gasteiger partial charge in [-0.3, -0.25) is 0 Å². The quantitative estimate of drug-likeness (QED) is 0.861. The molecule has 0 aliphatic rings. The second-order valence-corrected chi connectivity index (χ2v) is 4.57. The molecule has 4 nitrogen and oxygen atoms in total. The standard InChI is InChI=1S/C13H11ClF3N3O/c1-7-3-4-9(21-2)8(5-7)18-11-6-10(13(15,16)17)19-12(14)20-11/h3-6H,1-2H3,(H,18,19,20). The van der Waals surface area contributed by atoms with Gasteiger partial charge in [-0.25, -0.2) is 9.97 Å². The summed E-state index contributed by atoms with van der Waals surface area (Å²) in [6.45, 7) is 1.85. The zero-order valence-corrected chi connectivity index (χ0v) is 11.9. The molecule has 0 amide bonds. The lowest BCUT2D eigenvalue weighted by atomic mass is 10.2. The molecule has 0 saturated carbocycles. The van der Waals surface area contributed by atoms with Crippen LogP contribution in [0.2, 0.25) is 5.28 Å². The number of rotatable bonds is 3. The number of anilines is 2. The molecule has 1 aromatic carbocycles. The highest BCUT2D eigenvalue weighted by molar-refractivity contribution is 6.28. The summed E-state index contributed by atoms with van der Waals surface area (Å²) < 4.78 is 43.2. The van der Waals surface area contributed by atoms with Crippen molar-refractivity contribution in [1.82, 2.24) is 9.97 Å². The number of ether oxygens (including phenoxy) is 1. The van der Waals surface area contributed by atoms with Gasteiger partial charge in [0.2, 0.25) is 5.28 Å². The first-order valence-electron chi connectivity index (χ1n) is 5.83. The molecule has 2 aromatic rings. The summed E-state index contributed by atoms with van der Waals surface area (Å²) in [4.78, 5) is 6.90. The molecule has 0 aliphatic carbocycles. The number of nitrogens with zero attached hydrogens (tertiary/aromatic N) is 2. The van der Waals surface area contributed by atoms with E-state index in [4.69, 9.17) is 16.3 Å². The Kier molecular flexibility index (Phi) is 4.22. The highest BCUT2D eigenvalue weighted by Crippen LogP contribution is 2.32. The van der Waals surface area contributed by atoms with Crippen LogP contribution in [0.3, 0.4) is 0 Å². The maximum Gasteiger partial charge on any atom is 0.433 e. The van der Waals surface area contributed by atoms with Crippen LogP contribution in [-0.4, -0.2) is 17.1 Å². The molecule has 0 unspecified atom stereocenters. The highest BCUT2D eigenvalue weighted by atomic mass is 35.5. The zero-order valence-electron chi connectivity index (χ0n) is 11.1. The van der Waals surface area contributed by atoms with Crippen LogP contribution < -0.4 is 10.1 Å². The average molecular weight is 318 g/mol. The van der Waals surface area contributed by atoms with E-state index in [1.54, 1.807) is 12.1 Å². The maximum atomic E-state index is 12.7. The van der Waals surface area contributed by atoms with E-state index < -0.39 is 17.2 Å². The van der Waals surface area contributed by atoms with E-state index in [1.165, 1.54) is 7.11 Å². The van der Waals surface area contributed by atoms with Gasteiger partial charge in [0.15, 0.2) is 5.69 Å². The zero-order chi connectivity index (χ0) is 15.6. The lowest BCUT2D eigenvalue weighted by molar-refractivity contribution is -0.141. The van der Waals surface area contributed by atoms with Crippen LogP contribution in [0, 0.1) is 6.92 Å². The summed E-state index contributed by atoms with van der Waals surface area (Å²) in [6.07, 6.45) is -4.60. The minimum Gasteiger partial charge on any atom is -0.495 e. The molecule has 0 atom stereocenters. The lowest BCUT2D eigenvalue weighted by Crippen LogP contribution is -2.10. The Morgan fingerprint density at radius 1 is 1.19 bits per heavy atom. The van der Waals surface area contributed by atoms with E-state index in [0.717, 1.165) is 11.6 Å². The van der Waals surface area contributed by atoms with Gasteiger partial charge in [0.05, 0.1) is 12.8 Å². The molecule has 0 aliphatic heterocycles. The van der Waals surface area contributed by atoms with Crippen molar-refractivity contribution in [1.29, 1.82) is 0 Å². The summed E-state index contributed by atoms with van der Waals surface area (Å²) in [5.41, 5.74) is 0.284. The number of hydrogen-bond acceptors (Lipinski definition) is 4. The first kappa shape index (κ1) is 15.4. The van der Waals surface area contributed by atoms with Crippen molar-refractivity contribution in [3.8, 4) is 5.75 Å². The molecule has 0 bridgehead atoms. The van der Waals surface area contributed by atoms with E-state index in [0.29, 0.717) is 11.4 Å². The van der Waals surface area contributed by atoms with Gasteiger partial charge in [-0.1, -0.05) is 6.07 Å². The normalized spacial score (nSPS) is 11.3. The Bertz CT molecular complexity index is 662. The van der Waals surface area contributed by atoms with Gasteiger partial charge in [0.1, 0.15) is 11.6 Å². The van der Waals surface area contributed by atoms with E-state index in [2.05, 4.69) is 15.3 Å². The number of alkyl halides is 3. The van der Waals surface area contributed by atoms with Gasteiger partial charge in [-0.05, 0) is 36.2 Å². The van der Waals surface area contributed by atoms with E-state index in [9.17, 15) is 13.2 Å². The van der Waals surface area contributed by atoms with E-state index in [1.807, 2.05) is 13.0 Å². The molecule has 1 N–H and O–H groups in total. The molecule has 1 aromatic heterocycles. The fourth-order valence-corrected chi connectivity index (χ4v) is 1.87. The molecule has 0 fully saturated rings. The first-order chi connectivity index (χ1) is 9.79. The van der Waals surface area contributed by atoms with Crippen molar-refractivity contribution in [2.24, 2.45) is 0 Å². The van der Waals surface area contributed by atoms with Crippen LogP contribution in [0.4, 0.5) is 24.7 Å². The molecule has 0 spiro atoms. The largest absolute Gasteiger partial charge is 0.495 e. The van der Waals surface area contributed by atoms with Crippen molar-refractivity contribution >= 4 is 23.1 Å². The third kappa shape index (κ3) is 3.75. The van der Waals surface area contributed by atoms with Gasteiger partial charge in [0.25, 0.3) is 0 Å². The van der Waals surface area contributed by atoms with Crippen molar-refractivity contribution in [2.45, 2.75) is 13.1 Å². The molecule has 1 heterocycles. The third-order valence-corrected chi connectivity index (χ3v) is 2.78. The minimum absolute atomic E-state index is 0.0637.